The van der Waals surface area contributed by atoms with Crippen molar-refractivity contribution in [3.8, 4) is 0 Å². The third-order valence-electron chi connectivity index (χ3n) is 5.28. The van der Waals surface area contributed by atoms with E-state index in [-0.39, 0.29) is 5.91 Å². The van der Waals surface area contributed by atoms with Crippen molar-refractivity contribution >= 4 is 16.8 Å². The van der Waals surface area contributed by atoms with Gasteiger partial charge in [-0.05, 0) is 48.4 Å². The molecule has 0 saturated heterocycles. The van der Waals surface area contributed by atoms with Gasteiger partial charge in [-0.2, -0.15) is 5.10 Å². The topological polar surface area (TPSA) is 74.2 Å². The van der Waals surface area contributed by atoms with Gasteiger partial charge in [-0.25, -0.2) is 0 Å². The van der Waals surface area contributed by atoms with Crippen molar-refractivity contribution in [1.29, 1.82) is 0 Å². The van der Waals surface area contributed by atoms with Crippen molar-refractivity contribution in [2.24, 2.45) is 5.92 Å². The van der Waals surface area contributed by atoms with Gasteiger partial charge in [0.2, 0.25) is 0 Å². The van der Waals surface area contributed by atoms with Crippen LogP contribution in [0.1, 0.15) is 40.7 Å². The Kier molecular flexibility index (Phi) is 3.21. The highest BCUT2D eigenvalue weighted by Crippen LogP contribution is 2.40. The first-order valence-electron chi connectivity index (χ1n) is 8.80. The van der Waals surface area contributed by atoms with E-state index in [2.05, 4.69) is 10.1 Å². The Balaban J connectivity index is 1.38. The summed E-state index contributed by atoms with van der Waals surface area (Å²) in [5, 5.41) is 15.9. The highest BCUT2D eigenvalue weighted by atomic mass is 16.3. The molecule has 2 aliphatic rings. The number of nitrogens with one attached hydrogen (secondary N) is 1. The van der Waals surface area contributed by atoms with Crippen molar-refractivity contribution in [2.75, 3.05) is 6.54 Å². The molecule has 25 heavy (non-hydrogen) atoms. The summed E-state index contributed by atoms with van der Waals surface area (Å²) in [6, 6.07) is 9.71. The van der Waals surface area contributed by atoms with E-state index in [1.807, 2.05) is 46.1 Å². The fraction of sp³-hybridized carbons (Fsp3) is 0.368. The van der Waals surface area contributed by atoms with Crippen LogP contribution in [-0.4, -0.2) is 37.2 Å². The molecular weight excluding hydrogens is 316 g/mol. The fourth-order valence-electron chi connectivity index (χ4n) is 3.62. The Morgan fingerprint density at radius 2 is 2.12 bits per heavy atom. The van der Waals surface area contributed by atoms with Crippen LogP contribution < -0.4 is 0 Å². The molecule has 1 atom stereocenters. The smallest absolute Gasteiger partial charge is 0.254 e. The molecule has 1 aromatic carbocycles. The third kappa shape index (κ3) is 2.53. The van der Waals surface area contributed by atoms with Gasteiger partial charge in [0.05, 0.1) is 24.5 Å². The summed E-state index contributed by atoms with van der Waals surface area (Å²) in [5.41, 5.74) is 3.42. The van der Waals surface area contributed by atoms with Crippen LogP contribution in [0.25, 0.3) is 10.9 Å². The zero-order valence-corrected chi connectivity index (χ0v) is 13.9. The summed E-state index contributed by atoms with van der Waals surface area (Å²) in [6.07, 6.45) is 3.58. The van der Waals surface area contributed by atoms with E-state index < -0.39 is 6.10 Å². The Morgan fingerprint density at radius 1 is 1.24 bits per heavy atom. The van der Waals surface area contributed by atoms with E-state index in [1.165, 1.54) is 0 Å². The first kappa shape index (κ1) is 14.7. The Hall–Kier alpha value is -2.60. The lowest BCUT2D eigenvalue weighted by atomic mass is 10.1. The van der Waals surface area contributed by atoms with Crippen LogP contribution in [-0.2, 0) is 13.1 Å². The first-order chi connectivity index (χ1) is 12.2. The standard InChI is InChI=1S/C19H20N4O2/c24-18(13-2-3-13)17-10-15-11-22(7-8-23(15)21-17)19(25)14-4-1-12-5-6-20-16(12)9-14/h1,4-6,9-10,13,18,20,24H,2-3,7-8,11H2/t18-/m0/s1. The number of amides is 1. The lowest BCUT2D eigenvalue weighted by Crippen LogP contribution is -2.38. The molecule has 0 radical (unpaired) electrons. The van der Waals surface area contributed by atoms with Crippen molar-refractivity contribution in [3.05, 3.63) is 53.5 Å². The molecular formula is C19H20N4O2. The summed E-state index contributed by atoms with van der Waals surface area (Å²) in [7, 11) is 0. The van der Waals surface area contributed by atoms with E-state index in [4.69, 9.17) is 0 Å². The van der Waals surface area contributed by atoms with Gasteiger partial charge in [-0.15, -0.1) is 0 Å². The number of aliphatic hydroxyl groups excluding tert-OH is 1. The highest BCUT2D eigenvalue weighted by molar-refractivity contribution is 5.97. The molecule has 128 valence electrons. The minimum atomic E-state index is -0.461. The van der Waals surface area contributed by atoms with E-state index in [0.717, 1.165) is 35.1 Å². The predicted octanol–water partition coefficient (Wildman–Crippen LogP) is 2.46. The maximum atomic E-state index is 12.9. The quantitative estimate of drug-likeness (QED) is 0.771. The Bertz CT molecular complexity index is 953. The number of H-pyrrole nitrogens is 1. The van der Waals surface area contributed by atoms with Gasteiger partial charge in [0.25, 0.3) is 5.91 Å². The van der Waals surface area contributed by atoms with Gasteiger partial charge < -0.3 is 15.0 Å². The molecule has 5 rings (SSSR count). The van der Waals surface area contributed by atoms with Gasteiger partial charge in [-0.3, -0.25) is 9.48 Å². The van der Waals surface area contributed by atoms with E-state index in [1.54, 1.807) is 0 Å². The summed E-state index contributed by atoms with van der Waals surface area (Å²) in [6.45, 7) is 1.84. The summed E-state index contributed by atoms with van der Waals surface area (Å²) >= 11 is 0. The van der Waals surface area contributed by atoms with Gasteiger partial charge in [-0.1, -0.05) is 6.07 Å². The number of hydrogen-bond donors (Lipinski definition) is 2. The minimum Gasteiger partial charge on any atom is -0.386 e. The van der Waals surface area contributed by atoms with E-state index in [0.29, 0.717) is 31.1 Å². The first-order valence-corrected chi connectivity index (χ1v) is 8.80. The minimum absolute atomic E-state index is 0.0354. The second-order valence-corrected chi connectivity index (χ2v) is 7.07. The number of nitrogens with zero attached hydrogens (tertiary/aromatic N) is 3. The number of benzene rings is 1. The zero-order valence-electron chi connectivity index (χ0n) is 13.9. The van der Waals surface area contributed by atoms with Crippen LogP contribution in [0.5, 0.6) is 0 Å². The average Bonchev–Trinajstić information content (AvgIpc) is 3.22. The number of fused-ring (bicyclic) bond motifs is 2. The SMILES string of the molecule is O=C(c1ccc2cc[nH]c2c1)N1CCn2nc([C@@H](O)C3CC3)cc2C1. The van der Waals surface area contributed by atoms with Crippen LogP contribution in [0.4, 0.5) is 0 Å². The molecule has 1 fully saturated rings. The van der Waals surface area contributed by atoms with Crippen molar-refractivity contribution in [3.63, 3.8) is 0 Å². The molecule has 3 aromatic rings. The summed E-state index contributed by atoms with van der Waals surface area (Å²) < 4.78 is 1.93. The van der Waals surface area contributed by atoms with Gasteiger partial charge in [0.1, 0.15) is 6.10 Å². The van der Waals surface area contributed by atoms with E-state index >= 15 is 0 Å². The van der Waals surface area contributed by atoms with Crippen molar-refractivity contribution in [1.82, 2.24) is 19.7 Å². The lowest BCUT2D eigenvalue weighted by molar-refractivity contribution is 0.0705. The molecule has 1 saturated carbocycles. The van der Waals surface area contributed by atoms with Crippen molar-refractivity contribution < 1.29 is 9.90 Å². The molecule has 0 unspecified atom stereocenters. The summed E-state index contributed by atoms with van der Waals surface area (Å²) in [5.74, 6) is 0.399. The molecule has 1 aliphatic heterocycles. The largest absolute Gasteiger partial charge is 0.386 e. The number of aliphatic hydroxyl groups is 1. The lowest BCUT2D eigenvalue weighted by Gasteiger charge is -2.27. The van der Waals surface area contributed by atoms with Crippen LogP contribution in [0.3, 0.4) is 0 Å². The molecule has 0 bridgehead atoms. The number of rotatable bonds is 3. The van der Waals surface area contributed by atoms with Crippen LogP contribution in [0, 0.1) is 5.92 Å². The highest BCUT2D eigenvalue weighted by Gasteiger charge is 2.33. The predicted molar refractivity (Wildman–Crippen MR) is 93.0 cm³/mol. The molecule has 3 heterocycles. The van der Waals surface area contributed by atoms with Crippen LogP contribution in [0.2, 0.25) is 0 Å². The molecule has 6 heteroatoms. The molecule has 2 N–H and O–H groups in total. The molecule has 6 nitrogen and oxygen atoms in total. The number of aromatic nitrogens is 3. The van der Waals surface area contributed by atoms with E-state index in [9.17, 15) is 9.90 Å². The number of hydrogen-bond acceptors (Lipinski definition) is 3. The van der Waals surface area contributed by atoms with Gasteiger partial charge >= 0.3 is 0 Å². The van der Waals surface area contributed by atoms with Crippen LogP contribution >= 0.6 is 0 Å². The Labute approximate surface area is 145 Å². The summed E-state index contributed by atoms with van der Waals surface area (Å²) in [4.78, 5) is 17.9. The molecule has 1 amide bonds. The van der Waals surface area contributed by atoms with Crippen molar-refractivity contribution in [2.45, 2.75) is 32.0 Å². The second kappa shape index (κ2) is 5.46. The van der Waals surface area contributed by atoms with Crippen LogP contribution in [0.15, 0.2) is 36.5 Å². The average molecular weight is 336 g/mol. The van der Waals surface area contributed by atoms with Gasteiger partial charge in [0.15, 0.2) is 0 Å². The maximum Gasteiger partial charge on any atom is 0.254 e. The normalized spacial score (nSPS) is 18.4. The number of carbonyl (C=O) groups excluding carboxylic acids is 1. The fourth-order valence-corrected chi connectivity index (χ4v) is 3.62. The Morgan fingerprint density at radius 3 is 2.96 bits per heavy atom. The zero-order chi connectivity index (χ0) is 17.0. The molecule has 0 spiro atoms. The monoisotopic (exact) mass is 336 g/mol. The third-order valence-corrected chi connectivity index (χ3v) is 5.28. The molecule has 2 aromatic heterocycles. The molecule has 1 aliphatic carbocycles. The number of aromatic amines is 1. The maximum absolute atomic E-state index is 12.9. The second-order valence-electron chi connectivity index (χ2n) is 7.07. The van der Waals surface area contributed by atoms with Gasteiger partial charge in [0, 0.05) is 23.8 Å². The number of carbonyl (C=O) groups is 1.